The van der Waals surface area contributed by atoms with Gasteiger partial charge in [0.15, 0.2) is 11.5 Å². The molecule has 0 radical (unpaired) electrons. The van der Waals surface area contributed by atoms with Gasteiger partial charge in [-0.05, 0) is 31.5 Å². The van der Waals surface area contributed by atoms with Gasteiger partial charge in [-0.2, -0.15) is 0 Å². The van der Waals surface area contributed by atoms with Crippen molar-refractivity contribution in [3.8, 4) is 0 Å². The van der Waals surface area contributed by atoms with Crippen LogP contribution in [0, 0.1) is 12.3 Å². The molecular formula is C13H16N2O3. The molecule has 2 rings (SSSR count). The zero-order valence-electron chi connectivity index (χ0n) is 10.6. The van der Waals surface area contributed by atoms with E-state index in [1.165, 1.54) is 0 Å². The minimum absolute atomic E-state index is 0.577. The summed E-state index contributed by atoms with van der Waals surface area (Å²) >= 11 is 0. The number of fused-ring (bicyclic) bond motifs is 1. The molecule has 1 heterocycles. The topological polar surface area (TPSA) is 89.3 Å². The van der Waals surface area contributed by atoms with Gasteiger partial charge in [-0.1, -0.05) is 6.07 Å². The Hall–Kier alpha value is -1.88. The number of aliphatic carboxylic acids is 1. The Morgan fingerprint density at radius 1 is 1.50 bits per heavy atom. The highest BCUT2D eigenvalue weighted by Gasteiger charge is 2.35. The van der Waals surface area contributed by atoms with Crippen molar-refractivity contribution in [2.24, 2.45) is 11.1 Å². The van der Waals surface area contributed by atoms with Crippen LogP contribution < -0.4 is 5.73 Å². The van der Waals surface area contributed by atoms with Crippen LogP contribution in [0.1, 0.15) is 31.3 Å². The monoisotopic (exact) mass is 248 g/mol. The van der Waals surface area contributed by atoms with Gasteiger partial charge >= 0.3 is 5.97 Å². The number of carboxylic acids is 1. The molecule has 1 unspecified atom stereocenters. The van der Waals surface area contributed by atoms with Gasteiger partial charge < -0.3 is 15.3 Å². The molecule has 96 valence electrons. The van der Waals surface area contributed by atoms with Crippen LogP contribution in [0.4, 0.5) is 0 Å². The maximum atomic E-state index is 11.2. The number of aryl methyl sites for hydroxylation is 1. The Labute approximate surface area is 105 Å². The molecule has 0 spiro atoms. The van der Waals surface area contributed by atoms with E-state index in [1.54, 1.807) is 39.0 Å². The first kappa shape index (κ1) is 12.6. The molecule has 0 fully saturated rings. The fourth-order valence-electron chi connectivity index (χ4n) is 1.80. The Morgan fingerprint density at radius 2 is 2.17 bits per heavy atom. The second-order valence-electron chi connectivity index (χ2n) is 4.96. The highest BCUT2D eigenvalue weighted by molar-refractivity contribution is 5.77. The van der Waals surface area contributed by atoms with Crippen LogP contribution in [-0.2, 0) is 4.79 Å². The SMILES string of the molecule is Cc1nc2ccc(C(N)C(C)(C)C(=O)O)cc2o1. The van der Waals surface area contributed by atoms with Gasteiger partial charge in [0.1, 0.15) is 5.52 Å². The maximum Gasteiger partial charge on any atom is 0.311 e. The van der Waals surface area contributed by atoms with Crippen molar-refractivity contribution in [1.29, 1.82) is 0 Å². The van der Waals surface area contributed by atoms with Crippen LogP contribution in [0.15, 0.2) is 22.6 Å². The van der Waals surface area contributed by atoms with Crippen molar-refractivity contribution in [2.75, 3.05) is 0 Å². The molecule has 18 heavy (non-hydrogen) atoms. The summed E-state index contributed by atoms with van der Waals surface area (Å²) in [6.45, 7) is 4.98. The van der Waals surface area contributed by atoms with Gasteiger partial charge in [0.2, 0.25) is 0 Å². The van der Waals surface area contributed by atoms with E-state index < -0.39 is 17.4 Å². The van der Waals surface area contributed by atoms with Crippen LogP contribution in [0.3, 0.4) is 0 Å². The van der Waals surface area contributed by atoms with E-state index in [2.05, 4.69) is 4.98 Å². The van der Waals surface area contributed by atoms with E-state index in [9.17, 15) is 9.90 Å². The Morgan fingerprint density at radius 3 is 2.78 bits per heavy atom. The Kier molecular flexibility index (Phi) is 2.86. The summed E-state index contributed by atoms with van der Waals surface area (Å²) in [5.74, 6) is -0.350. The molecule has 1 aromatic carbocycles. The Bertz CT molecular complexity index is 601. The van der Waals surface area contributed by atoms with E-state index in [-0.39, 0.29) is 0 Å². The first-order valence-corrected chi connectivity index (χ1v) is 5.68. The average Bonchev–Trinajstić information content (AvgIpc) is 2.66. The number of rotatable bonds is 3. The lowest BCUT2D eigenvalue weighted by molar-refractivity contribution is -0.148. The molecule has 3 N–H and O–H groups in total. The molecule has 0 saturated heterocycles. The third kappa shape index (κ3) is 1.97. The number of carbonyl (C=O) groups is 1. The lowest BCUT2D eigenvalue weighted by Crippen LogP contribution is -2.36. The van der Waals surface area contributed by atoms with Gasteiger partial charge in [0, 0.05) is 13.0 Å². The minimum Gasteiger partial charge on any atom is -0.481 e. The number of aromatic nitrogens is 1. The smallest absolute Gasteiger partial charge is 0.311 e. The van der Waals surface area contributed by atoms with Crippen molar-refractivity contribution in [1.82, 2.24) is 4.98 Å². The summed E-state index contributed by atoms with van der Waals surface area (Å²) in [6, 6.07) is 4.73. The summed E-state index contributed by atoms with van der Waals surface area (Å²) < 4.78 is 5.42. The first-order valence-electron chi connectivity index (χ1n) is 5.68. The van der Waals surface area contributed by atoms with Crippen molar-refractivity contribution in [2.45, 2.75) is 26.8 Å². The molecule has 0 aliphatic heterocycles. The molecule has 0 bridgehead atoms. The van der Waals surface area contributed by atoms with Gasteiger partial charge in [0.25, 0.3) is 0 Å². The predicted octanol–water partition coefficient (Wildman–Crippen LogP) is 2.25. The summed E-state index contributed by atoms with van der Waals surface area (Å²) in [5.41, 5.74) is 7.09. The van der Waals surface area contributed by atoms with Crippen molar-refractivity contribution in [3.63, 3.8) is 0 Å². The van der Waals surface area contributed by atoms with Gasteiger partial charge in [-0.3, -0.25) is 4.79 Å². The fraction of sp³-hybridized carbons (Fsp3) is 0.385. The number of nitrogens with zero attached hydrogens (tertiary/aromatic N) is 1. The number of nitrogens with two attached hydrogens (primary N) is 1. The second kappa shape index (κ2) is 4.10. The lowest BCUT2D eigenvalue weighted by Gasteiger charge is -2.27. The van der Waals surface area contributed by atoms with Crippen LogP contribution in [0.5, 0.6) is 0 Å². The fourth-order valence-corrected chi connectivity index (χ4v) is 1.80. The number of benzene rings is 1. The summed E-state index contributed by atoms with van der Waals surface area (Å²) in [6.07, 6.45) is 0. The summed E-state index contributed by atoms with van der Waals surface area (Å²) in [4.78, 5) is 15.4. The van der Waals surface area contributed by atoms with Crippen LogP contribution in [0.25, 0.3) is 11.1 Å². The lowest BCUT2D eigenvalue weighted by atomic mass is 9.81. The first-order chi connectivity index (χ1) is 8.32. The normalized spacial score (nSPS) is 13.8. The van der Waals surface area contributed by atoms with Gasteiger partial charge in [-0.15, -0.1) is 0 Å². The van der Waals surface area contributed by atoms with Crippen LogP contribution in [0.2, 0.25) is 0 Å². The number of hydrogen-bond acceptors (Lipinski definition) is 4. The van der Waals surface area contributed by atoms with Crippen LogP contribution >= 0.6 is 0 Å². The van der Waals surface area contributed by atoms with Crippen molar-refractivity contribution < 1.29 is 14.3 Å². The zero-order valence-corrected chi connectivity index (χ0v) is 10.6. The molecule has 0 amide bonds. The number of hydrogen-bond donors (Lipinski definition) is 2. The molecule has 1 atom stereocenters. The standard InChI is InChI=1S/C13H16N2O3/c1-7-15-9-5-4-8(6-10(9)18-7)11(14)13(2,3)12(16)17/h4-6,11H,14H2,1-3H3,(H,16,17). The van der Waals surface area contributed by atoms with E-state index in [1.807, 2.05) is 0 Å². The third-order valence-electron chi connectivity index (χ3n) is 3.21. The Balaban J connectivity index is 2.44. The largest absolute Gasteiger partial charge is 0.481 e. The van der Waals surface area contributed by atoms with Crippen molar-refractivity contribution >= 4 is 17.1 Å². The predicted molar refractivity (Wildman–Crippen MR) is 67.1 cm³/mol. The van der Waals surface area contributed by atoms with E-state index >= 15 is 0 Å². The quantitative estimate of drug-likeness (QED) is 0.869. The molecule has 5 heteroatoms. The molecule has 1 aromatic heterocycles. The molecule has 2 aromatic rings. The van der Waals surface area contributed by atoms with E-state index in [4.69, 9.17) is 10.2 Å². The molecular weight excluding hydrogens is 232 g/mol. The van der Waals surface area contributed by atoms with Gasteiger partial charge in [-0.25, -0.2) is 4.98 Å². The maximum absolute atomic E-state index is 11.2. The third-order valence-corrected chi connectivity index (χ3v) is 3.21. The zero-order chi connectivity index (χ0) is 13.5. The summed E-state index contributed by atoms with van der Waals surface area (Å²) in [7, 11) is 0. The van der Waals surface area contributed by atoms with E-state index in [0.29, 0.717) is 11.5 Å². The number of oxazole rings is 1. The highest BCUT2D eigenvalue weighted by Crippen LogP contribution is 2.32. The molecule has 5 nitrogen and oxygen atoms in total. The summed E-state index contributed by atoms with van der Waals surface area (Å²) in [5, 5.41) is 9.17. The molecule has 0 saturated carbocycles. The van der Waals surface area contributed by atoms with Crippen LogP contribution in [-0.4, -0.2) is 16.1 Å². The average molecular weight is 248 g/mol. The highest BCUT2D eigenvalue weighted by atomic mass is 16.4. The van der Waals surface area contributed by atoms with Gasteiger partial charge in [0.05, 0.1) is 5.41 Å². The molecule has 0 aliphatic carbocycles. The van der Waals surface area contributed by atoms with E-state index in [0.717, 1.165) is 11.1 Å². The molecule has 0 aliphatic rings. The number of carboxylic acid groups (broad SMARTS) is 1. The second-order valence-corrected chi connectivity index (χ2v) is 4.96. The van der Waals surface area contributed by atoms with Crippen molar-refractivity contribution in [3.05, 3.63) is 29.7 Å². The minimum atomic E-state index is -1.04.